The normalized spacial score (nSPS) is 10.7. The van der Waals surface area contributed by atoms with E-state index in [4.69, 9.17) is 0 Å². The van der Waals surface area contributed by atoms with Gasteiger partial charge in [-0.2, -0.15) is 0 Å². The molecule has 2 aromatic carbocycles. The van der Waals surface area contributed by atoms with E-state index in [0.717, 1.165) is 11.0 Å². The number of nitrogens with zero attached hydrogens (tertiary/aromatic N) is 3. The van der Waals surface area contributed by atoms with Gasteiger partial charge in [-0.05, 0) is 24.3 Å². The van der Waals surface area contributed by atoms with E-state index in [-0.39, 0.29) is 10.6 Å². The zero-order chi connectivity index (χ0) is 14.1. The smallest absolute Gasteiger partial charge is 0.316 e. The third kappa shape index (κ3) is 1.78. The molecule has 1 heterocycles. The molecule has 1 aromatic heterocycles. The van der Waals surface area contributed by atoms with Gasteiger partial charge in [0.05, 0.1) is 16.0 Å². The van der Waals surface area contributed by atoms with Crippen molar-refractivity contribution in [3.63, 3.8) is 0 Å². The first-order chi connectivity index (χ1) is 9.72. The number of fused-ring (bicyclic) bond motifs is 1. The quantitative estimate of drug-likeness (QED) is 0.585. The highest BCUT2D eigenvalue weighted by Crippen LogP contribution is 2.32. The molecule has 6 nitrogen and oxygen atoms in total. The molecular weight excluding hydrogens is 256 g/mol. The number of nitro benzene ring substituents is 1. The van der Waals surface area contributed by atoms with Gasteiger partial charge in [0.25, 0.3) is 0 Å². The molecule has 0 saturated carbocycles. The summed E-state index contributed by atoms with van der Waals surface area (Å²) in [5.74, 6) is 0. The summed E-state index contributed by atoms with van der Waals surface area (Å²) in [4.78, 5) is 15.3. The minimum Gasteiger partial charge on any atom is -0.382 e. The van der Waals surface area contributed by atoms with E-state index in [1.807, 2.05) is 24.3 Å². The van der Waals surface area contributed by atoms with Crippen LogP contribution in [0.3, 0.4) is 0 Å². The van der Waals surface area contributed by atoms with Crippen LogP contribution in [-0.2, 0) is 0 Å². The lowest BCUT2D eigenvalue weighted by molar-refractivity contribution is -0.383. The van der Waals surface area contributed by atoms with Crippen molar-refractivity contribution in [2.24, 2.45) is 0 Å². The van der Waals surface area contributed by atoms with Gasteiger partial charge >= 0.3 is 5.69 Å². The van der Waals surface area contributed by atoms with Gasteiger partial charge in [0.15, 0.2) is 0 Å². The van der Waals surface area contributed by atoms with Gasteiger partial charge in [0.1, 0.15) is 17.7 Å². The second-order valence-electron chi connectivity index (χ2n) is 4.28. The maximum absolute atomic E-state index is 11.4. The lowest BCUT2D eigenvalue weighted by Crippen LogP contribution is -2.03. The second kappa shape index (κ2) is 4.65. The molecule has 100 valence electrons. The number of para-hydroxylation sites is 3. The number of nitro groups is 1. The SMILES string of the molecule is CNc1cccc(-n2cnc3ccccc32)c1[N+](=O)[O-]. The van der Waals surface area contributed by atoms with Gasteiger partial charge < -0.3 is 5.32 Å². The first-order valence-electron chi connectivity index (χ1n) is 6.10. The Bertz CT molecular complexity index is 795. The van der Waals surface area contributed by atoms with Crippen molar-refractivity contribution in [3.05, 3.63) is 58.9 Å². The van der Waals surface area contributed by atoms with Crippen LogP contribution in [0, 0.1) is 10.1 Å². The monoisotopic (exact) mass is 268 g/mol. The van der Waals surface area contributed by atoms with Gasteiger partial charge in [-0.1, -0.05) is 18.2 Å². The number of rotatable bonds is 3. The van der Waals surface area contributed by atoms with Crippen LogP contribution in [0.1, 0.15) is 0 Å². The van der Waals surface area contributed by atoms with Crippen LogP contribution in [0.2, 0.25) is 0 Å². The lowest BCUT2D eigenvalue weighted by atomic mass is 10.2. The summed E-state index contributed by atoms with van der Waals surface area (Å²) < 4.78 is 1.73. The van der Waals surface area contributed by atoms with E-state index >= 15 is 0 Å². The van der Waals surface area contributed by atoms with Crippen molar-refractivity contribution < 1.29 is 4.92 Å². The Balaban J connectivity index is 2.32. The standard InChI is InChI=1S/C14H12N4O2/c1-15-11-6-4-8-13(14(11)18(19)20)17-9-16-10-5-2-3-7-12(10)17/h2-9,15H,1H3. The Labute approximate surface area is 114 Å². The first kappa shape index (κ1) is 12.2. The van der Waals surface area contributed by atoms with Crippen molar-refractivity contribution in [2.45, 2.75) is 0 Å². The summed E-state index contributed by atoms with van der Waals surface area (Å²) in [6.45, 7) is 0. The van der Waals surface area contributed by atoms with Crippen LogP contribution in [-0.4, -0.2) is 21.5 Å². The lowest BCUT2D eigenvalue weighted by Gasteiger charge is -2.08. The average molecular weight is 268 g/mol. The Morgan fingerprint density at radius 2 is 2.00 bits per heavy atom. The maximum atomic E-state index is 11.4. The Morgan fingerprint density at radius 1 is 1.20 bits per heavy atom. The minimum absolute atomic E-state index is 0.0400. The Kier molecular flexibility index (Phi) is 2.83. The highest BCUT2D eigenvalue weighted by atomic mass is 16.6. The molecule has 0 fully saturated rings. The fraction of sp³-hybridized carbons (Fsp3) is 0.0714. The number of hydrogen-bond donors (Lipinski definition) is 1. The van der Waals surface area contributed by atoms with Crippen LogP contribution in [0.25, 0.3) is 16.7 Å². The number of nitrogens with one attached hydrogen (secondary N) is 1. The Morgan fingerprint density at radius 3 is 2.75 bits per heavy atom. The Hall–Kier alpha value is -2.89. The molecule has 0 aliphatic heterocycles. The van der Waals surface area contributed by atoms with Gasteiger partial charge in [-0.3, -0.25) is 14.7 Å². The number of aromatic nitrogens is 2. The molecule has 0 bridgehead atoms. The van der Waals surface area contributed by atoms with Crippen LogP contribution in [0.4, 0.5) is 11.4 Å². The van der Waals surface area contributed by atoms with E-state index in [2.05, 4.69) is 10.3 Å². The summed E-state index contributed by atoms with van der Waals surface area (Å²) in [7, 11) is 1.66. The summed E-state index contributed by atoms with van der Waals surface area (Å²) >= 11 is 0. The highest BCUT2D eigenvalue weighted by Gasteiger charge is 2.21. The van der Waals surface area contributed by atoms with Gasteiger partial charge in [-0.15, -0.1) is 0 Å². The van der Waals surface area contributed by atoms with Crippen molar-refractivity contribution in [1.29, 1.82) is 0 Å². The molecule has 0 amide bonds. The molecule has 1 N–H and O–H groups in total. The fourth-order valence-corrected chi connectivity index (χ4v) is 2.27. The number of hydrogen-bond acceptors (Lipinski definition) is 4. The van der Waals surface area contributed by atoms with E-state index in [0.29, 0.717) is 11.4 Å². The number of imidazole rings is 1. The molecule has 3 aromatic rings. The fourth-order valence-electron chi connectivity index (χ4n) is 2.27. The molecule has 0 atom stereocenters. The highest BCUT2D eigenvalue weighted by molar-refractivity contribution is 5.80. The van der Waals surface area contributed by atoms with Crippen LogP contribution in [0.5, 0.6) is 0 Å². The first-order valence-corrected chi connectivity index (χ1v) is 6.10. The average Bonchev–Trinajstić information content (AvgIpc) is 2.90. The molecule has 0 saturated heterocycles. The molecule has 0 aliphatic rings. The summed E-state index contributed by atoms with van der Waals surface area (Å²) in [6, 6.07) is 12.7. The van der Waals surface area contributed by atoms with E-state index < -0.39 is 0 Å². The zero-order valence-electron chi connectivity index (χ0n) is 10.8. The predicted octanol–water partition coefficient (Wildman–Crippen LogP) is 2.98. The zero-order valence-corrected chi connectivity index (χ0v) is 10.8. The summed E-state index contributed by atoms with van der Waals surface area (Å²) in [5, 5.41) is 14.2. The van der Waals surface area contributed by atoms with Crippen molar-refractivity contribution in [2.75, 3.05) is 12.4 Å². The molecule has 0 radical (unpaired) electrons. The minimum atomic E-state index is -0.379. The van der Waals surface area contributed by atoms with E-state index in [9.17, 15) is 10.1 Å². The van der Waals surface area contributed by atoms with Crippen LogP contribution < -0.4 is 5.32 Å². The second-order valence-corrected chi connectivity index (χ2v) is 4.28. The molecular formula is C14H12N4O2. The molecule has 6 heteroatoms. The molecule has 20 heavy (non-hydrogen) atoms. The van der Waals surface area contributed by atoms with Gasteiger partial charge in [0, 0.05) is 7.05 Å². The van der Waals surface area contributed by atoms with E-state index in [1.165, 1.54) is 0 Å². The third-order valence-corrected chi connectivity index (χ3v) is 3.18. The molecule has 0 unspecified atom stereocenters. The summed E-state index contributed by atoms with van der Waals surface area (Å²) in [6.07, 6.45) is 1.60. The van der Waals surface area contributed by atoms with E-state index in [1.54, 1.807) is 36.1 Å². The molecule has 0 spiro atoms. The topological polar surface area (TPSA) is 73.0 Å². The van der Waals surface area contributed by atoms with Crippen LogP contribution >= 0.6 is 0 Å². The summed E-state index contributed by atoms with van der Waals surface area (Å²) in [5.41, 5.74) is 2.65. The van der Waals surface area contributed by atoms with Crippen LogP contribution in [0.15, 0.2) is 48.8 Å². The van der Waals surface area contributed by atoms with Gasteiger partial charge in [0.2, 0.25) is 0 Å². The van der Waals surface area contributed by atoms with Gasteiger partial charge in [-0.25, -0.2) is 4.98 Å². The van der Waals surface area contributed by atoms with Crippen molar-refractivity contribution in [1.82, 2.24) is 9.55 Å². The number of anilines is 1. The predicted molar refractivity (Wildman–Crippen MR) is 77.3 cm³/mol. The molecule has 0 aliphatic carbocycles. The number of benzene rings is 2. The van der Waals surface area contributed by atoms with Crippen molar-refractivity contribution >= 4 is 22.4 Å². The molecule has 3 rings (SSSR count). The largest absolute Gasteiger partial charge is 0.382 e. The maximum Gasteiger partial charge on any atom is 0.316 e. The van der Waals surface area contributed by atoms with Crippen molar-refractivity contribution in [3.8, 4) is 5.69 Å². The third-order valence-electron chi connectivity index (χ3n) is 3.18.